The van der Waals surface area contributed by atoms with E-state index in [9.17, 15) is 0 Å². The van der Waals surface area contributed by atoms with Crippen molar-refractivity contribution in [2.75, 3.05) is 7.11 Å². The molecule has 0 amide bonds. The highest BCUT2D eigenvalue weighted by Gasteiger charge is 2.05. The molecule has 0 radical (unpaired) electrons. The molecule has 1 aromatic carbocycles. The average Bonchev–Trinajstić information content (AvgIpc) is 2.78. The highest BCUT2D eigenvalue weighted by atomic mass is 16.5. The highest BCUT2D eigenvalue weighted by molar-refractivity contribution is 5.54. The fraction of sp³-hybridized carbons (Fsp3) is 0.250. The Hall–Kier alpha value is -1.77. The van der Waals surface area contributed by atoms with E-state index in [0.717, 1.165) is 23.4 Å². The monoisotopic (exact) mass is 203 g/mol. The molecule has 0 N–H and O–H groups in total. The van der Waals surface area contributed by atoms with E-state index < -0.39 is 0 Å². The second kappa shape index (κ2) is 4.17. The zero-order valence-corrected chi connectivity index (χ0v) is 8.86. The van der Waals surface area contributed by atoms with Crippen molar-refractivity contribution in [3.63, 3.8) is 0 Å². The van der Waals surface area contributed by atoms with Crippen LogP contribution in [0, 0.1) is 0 Å². The minimum absolute atomic E-state index is 0.662. The summed E-state index contributed by atoms with van der Waals surface area (Å²) in [5, 5.41) is 0. The fourth-order valence-corrected chi connectivity index (χ4v) is 1.34. The molecule has 2 rings (SSSR count). The zero-order valence-electron chi connectivity index (χ0n) is 8.86. The van der Waals surface area contributed by atoms with Gasteiger partial charge in [0.2, 0.25) is 5.89 Å². The summed E-state index contributed by atoms with van der Waals surface area (Å²) >= 11 is 0. The summed E-state index contributed by atoms with van der Waals surface area (Å²) in [6.07, 6.45) is 2.58. The SMILES string of the molecule is CCc1coc(-c2ccc(OC)cc2)n1. The number of hydrogen-bond acceptors (Lipinski definition) is 3. The van der Waals surface area contributed by atoms with Gasteiger partial charge in [0.25, 0.3) is 0 Å². The number of methoxy groups -OCH3 is 1. The van der Waals surface area contributed by atoms with Crippen LogP contribution in [0.25, 0.3) is 11.5 Å². The number of rotatable bonds is 3. The first-order valence-electron chi connectivity index (χ1n) is 4.92. The van der Waals surface area contributed by atoms with Crippen molar-refractivity contribution < 1.29 is 9.15 Å². The number of hydrogen-bond donors (Lipinski definition) is 0. The summed E-state index contributed by atoms with van der Waals surface area (Å²) in [4.78, 5) is 4.35. The van der Waals surface area contributed by atoms with E-state index in [1.807, 2.05) is 24.3 Å². The van der Waals surface area contributed by atoms with Crippen molar-refractivity contribution in [2.45, 2.75) is 13.3 Å². The molecule has 3 nitrogen and oxygen atoms in total. The van der Waals surface area contributed by atoms with Gasteiger partial charge in [0.05, 0.1) is 12.8 Å². The molecule has 0 atom stereocenters. The van der Waals surface area contributed by atoms with Crippen LogP contribution < -0.4 is 4.74 Å². The van der Waals surface area contributed by atoms with Crippen LogP contribution >= 0.6 is 0 Å². The Morgan fingerprint density at radius 3 is 2.53 bits per heavy atom. The first-order valence-corrected chi connectivity index (χ1v) is 4.92. The maximum atomic E-state index is 5.36. The lowest BCUT2D eigenvalue weighted by Crippen LogP contribution is -1.83. The molecule has 3 heteroatoms. The van der Waals surface area contributed by atoms with Crippen LogP contribution in [0.1, 0.15) is 12.6 Å². The van der Waals surface area contributed by atoms with Crippen LogP contribution in [-0.4, -0.2) is 12.1 Å². The molecule has 0 unspecified atom stereocenters. The molecule has 15 heavy (non-hydrogen) atoms. The van der Waals surface area contributed by atoms with Crippen LogP contribution in [0.3, 0.4) is 0 Å². The van der Waals surface area contributed by atoms with E-state index in [0.29, 0.717) is 5.89 Å². The van der Waals surface area contributed by atoms with Gasteiger partial charge in [-0.05, 0) is 30.7 Å². The quantitative estimate of drug-likeness (QED) is 0.769. The van der Waals surface area contributed by atoms with Crippen molar-refractivity contribution in [2.24, 2.45) is 0 Å². The molecule has 0 saturated carbocycles. The lowest BCUT2D eigenvalue weighted by atomic mass is 10.2. The molecule has 2 aromatic rings. The smallest absolute Gasteiger partial charge is 0.226 e. The van der Waals surface area contributed by atoms with E-state index >= 15 is 0 Å². The number of aryl methyl sites for hydroxylation is 1. The van der Waals surface area contributed by atoms with E-state index in [4.69, 9.17) is 9.15 Å². The number of benzene rings is 1. The molecule has 1 heterocycles. The van der Waals surface area contributed by atoms with Gasteiger partial charge in [-0.25, -0.2) is 4.98 Å². The summed E-state index contributed by atoms with van der Waals surface area (Å²) in [5.41, 5.74) is 1.94. The van der Waals surface area contributed by atoms with Crippen molar-refractivity contribution in [1.29, 1.82) is 0 Å². The Kier molecular flexibility index (Phi) is 2.72. The molecule has 1 aromatic heterocycles. The Morgan fingerprint density at radius 2 is 2.00 bits per heavy atom. The third-order valence-electron chi connectivity index (χ3n) is 2.25. The molecular weight excluding hydrogens is 190 g/mol. The third kappa shape index (κ3) is 2.01. The van der Waals surface area contributed by atoms with E-state index in [2.05, 4.69) is 11.9 Å². The lowest BCUT2D eigenvalue weighted by Gasteiger charge is -1.99. The number of nitrogens with zero attached hydrogens (tertiary/aromatic N) is 1. The Labute approximate surface area is 88.7 Å². The number of aromatic nitrogens is 1. The summed E-state index contributed by atoms with van der Waals surface area (Å²) < 4.78 is 10.4. The summed E-state index contributed by atoms with van der Waals surface area (Å²) in [6.45, 7) is 2.05. The molecule has 0 aliphatic rings. The minimum atomic E-state index is 0.662. The van der Waals surface area contributed by atoms with Crippen molar-refractivity contribution in [3.8, 4) is 17.2 Å². The van der Waals surface area contributed by atoms with Crippen LogP contribution in [0.4, 0.5) is 0 Å². The van der Waals surface area contributed by atoms with Gasteiger partial charge in [-0.1, -0.05) is 6.92 Å². The first-order chi connectivity index (χ1) is 7.33. The minimum Gasteiger partial charge on any atom is -0.497 e. The normalized spacial score (nSPS) is 10.3. The van der Waals surface area contributed by atoms with Crippen molar-refractivity contribution in [3.05, 3.63) is 36.2 Å². The van der Waals surface area contributed by atoms with Gasteiger partial charge in [0, 0.05) is 5.56 Å². The largest absolute Gasteiger partial charge is 0.497 e. The van der Waals surface area contributed by atoms with Gasteiger partial charge in [0.1, 0.15) is 12.0 Å². The molecule has 0 aliphatic carbocycles. The Balaban J connectivity index is 2.28. The fourth-order valence-electron chi connectivity index (χ4n) is 1.34. The van der Waals surface area contributed by atoms with Crippen LogP contribution in [0.15, 0.2) is 34.9 Å². The van der Waals surface area contributed by atoms with Gasteiger partial charge in [-0.15, -0.1) is 0 Å². The molecule has 0 aliphatic heterocycles. The number of ether oxygens (including phenoxy) is 1. The third-order valence-corrected chi connectivity index (χ3v) is 2.25. The van der Waals surface area contributed by atoms with Crippen molar-refractivity contribution >= 4 is 0 Å². The summed E-state index contributed by atoms with van der Waals surface area (Å²) in [5.74, 6) is 1.50. The van der Waals surface area contributed by atoms with Gasteiger partial charge in [-0.2, -0.15) is 0 Å². The molecule has 0 fully saturated rings. The van der Waals surface area contributed by atoms with Gasteiger partial charge in [0.15, 0.2) is 0 Å². The van der Waals surface area contributed by atoms with Gasteiger partial charge >= 0.3 is 0 Å². The summed E-state index contributed by atoms with van der Waals surface area (Å²) in [7, 11) is 1.65. The molecular formula is C12H13NO2. The van der Waals surface area contributed by atoms with Crippen molar-refractivity contribution in [1.82, 2.24) is 4.98 Å². The maximum absolute atomic E-state index is 5.36. The highest BCUT2D eigenvalue weighted by Crippen LogP contribution is 2.21. The Bertz CT molecular complexity index is 431. The second-order valence-electron chi connectivity index (χ2n) is 3.23. The molecule has 0 bridgehead atoms. The average molecular weight is 203 g/mol. The standard InChI is InChI=1S/C12H13NO2/c1-3-10-8-15-12(13-10)9-4-6-11(14-2)7-5-9/h4-8H,3H2,1-2H3. The predicted molar refractivity (Wildman–Crippen MR) is 57.9 cm³/mol. The topological polar surface area (TPSA) is 35.3 Å². The lowest BCUT2D eigenvalue weighted by molar-refractivity contribution is 0.415. The Morgan fingerprint density at radius 1 is 1.27 bits per heavy atom. The maximum Gasteiger partial charge on any atom is 0.226 e. The van der Waals surface area contributed by atoms with E-state index in [1.165, 1.54) is 0 Å². The molecule has 0 spiro atoms. The predicted octanol–water partition coefficient (Wildman–Crippen LogP) is 2.91. The molecule has 0 saturated heterocycles. The van der Waals surface area contributed by atoms with E-state index in [1.54, 1.807) is 13.4 Å². The van der Waals surface area contributed by atoms with E-state index in [-0.39, 0.29) is 0 Å². The van der Waals surface area contributed by atoms with Gasteiger partial charge < -0.3 is 9.15 Å². The van der Waals surface area contributed by atoms with Gasteiger partial charge in [-0.3, -0.25) is 0 Å². The van der Waals surface area contributed by atoms with Crippen LogP contribution in [0.2, 0.25) is 0 Å². The first kappa shape index (κ1) is 9.77. The van der Waals surface area contributed by atoms with Crippen LogP contribution in [-0.2, 0) is 6.42 Å². The molecule has 78 valence electrons. The van der Waals surface area contributed by atoms with Crippen LogP contribution in [0.5, 0.6) is 5.75 Å². The number of oxazole rings is 1. The zero-order chi connectivity index (χ0) is 10.7. The summed E-state index contributed by atoms with van der Waals surface area (Å²) in [6, 6.07) is 7.66. The second-order valence-corrected chi connectivity index (χ2v) is 3.23.